The number of aromatic amines is 1. The number of H-pyrrole nitrogens is 1. The molecule has 0 unspecified atom stereocenters. The smallest absolute Gasteiger partial charge is 0.388 e. The fraction of sp³-hybridized carbons (Fsp3) is 0.111. The molecule has 0 amide bonds. The largest absolute Gasteiger partial charge is 0.434 e. The lowest BCUT2D eigenvalue weighted by molar-refractivity contribution is 0.527. The first kappa shape index (κ1) is 7.79. The molecule has 2 rings (SSSR count). The third kappa shape index (κ3) is 1.51. The number of aryl methyl sites for hydroxylation is 1. The molecular weight excluding hydrogens is 168 g/mol. The van der Waals surface area contributed by atoms with E-state index in [1.165, 1.54) is 0 Å². The van der Waals surface area contributed by atoms with E-state index in [4.69, 9.17) is 4.42 Å². The molecule has 0 aliphatic heterocycles. The van der Waals surface area contributed by atoms with Gasteiger partial charge in [0, 0.05) is 5.56 Å². The Morgan fingerprint density at radius 1 is 1.46 bits per heavy atom. The minimum absolute atomic E-state index is 0.328. The van der Waals surface area contributed by atoms with Crippen LogP contribution in [0.4, 0.5) is 0 Å². The zero-order valence-electron chi connectivity index (χ0n) is 7.07. The number of hydrogen-bond acceptors (Lipinski definition) is 3. The number of hydrogen-bond donors (Lipinski definition) is 1. The zero-order chi connectivity index (χ0) is 9.26. The SMILES string of the molecule is Cc1cccc(-c2n[nH]c(=O)o2)c1. The predicted octanol–water partition coefficient (Wildman–Crippen LogP) is 1.34. The van der Waals surface area contributed by atoms with Gasteiger partial charge in [-0.05, 0) is 19.1 Å². The molecular formula is C9H8N2O2. The van der Waals surface area contributed by atoms with E-state index < -0.39 is 5.76 Å². The van der Waals surface area contributed by atoms with Crippen LogP contribution in [0.1, 0.15) is 5.56 Å². The van der Waals surface area contributed by atoms with Crippen LogP contribution in [0.5, 0.6) is 0 Å². The highest BCUT2D eigenvalue weighted by Gasteiger charge is 2.03. The molecule has 0 saturated heterocycles. The van der Waals surface area contributed by atoms with E-state index in [2.05, 4.69) is 10.2 Å². The highest BCUT2D eigenvalue weighted by molar-refractivity contribution is 5.53. The minimum Gasteiger partial charge on any atom is -0.388 e. The van der Waals surface area contributed by atoms with Crippen molar-refractivity contribution in [2.75, 3.05) is 0 Å². The number of benzene rings is 1. The Hall–Kier alpha value is -1.84. The first-order valence-corrected chi connectivity index (χ1v) is 3.88. The molecule has 0 radical (unpaired) electrons. The number of rotatable bonds is 1. The molecule has 2 aromatic rings. The van der Waals surface area contributed by atoms with Crippen LogP contribution in [0.25, 0.3) is 11.5 Å². The molecule has 4 nitrogen and oxygen atoms in total. The summed E-state index contributed by atoms with van der Waals surface area (Å²) in [4.78, 5) is 10.7. The van der Waals surface area contributed by atoms with Gasteiger partial charge >= 0.3 is 5.76 Å². The first-order valence-electron chi connectivity index (χ1n) is 3.88. The van der Waals surface area contributed by atoms with Crippen molar-refractivity contribution in [2.45, 2.75) is 6.92 Å². The highest BCUT2D eigenvalue weighted by Crippen LogP contribution is 2.15. The molecule has 0 aliphatic rings. The Bertz CT molecular complexity index is 470. The van der Waals surface area contributed by atoms with Gasteiger partial charge in [-0.25, -0.2) is 9.89 Å². The Labute approximate surface area is 74.2 Å². The molecule has 13 heavy (non-hydrogen) atoms. The Balaban J connectivity index is 2.52. The molecule has 0 spiro atoms. The molecule has 66 valence electrons. The van der Waals surface area contributed by atoms with Crippen molar-refractivity contribution >= 4 is 0 Å². The summed E-state index contributed by atoms with van der Waals surface area (Å²) in [5.74, 6) is -0.204. The molecule has 4 heteroatoms. The van der Waals surface area contributed by atoms with E-state index >= 15 is 0 Å². The van der Waals surface area contributed by atoms with E-state index in [-0.39, 0.29) is 0 Å². The Morgan fingerprint density at radius 2 is 2.31 bits per heavy atom. The van der Waals surface area contributed by atoms with Crippen LogP contribution < -0.4 is 5.76 Å². The van der Waals surface area contributed by atoms with Crippen molar-refractivity contribution in [3.8, 4) is 11.5 Å². The van der Waals surface area contributed by atoms with Gasteiger partial charge in [-0.2, -0.15) is 0 Å². The first-order chi connectivity index (χ1) is 6.25. The van der Waals surface area contributed by atoms with Gasteiger partial charge in [-0.3, -0.25) is 0 Å². The van der Waals surface area contributed by atoms with E-state index in [1.807, 2.05) is 31.2 Å². The standard InChI is InChI=1S/C9H8N2O2/c1-6-3-2-4-7(5-6)8-10-11-9(12)13-8/h2-5H,1H3,(H,11,12). The van der Waals surface area contributed by atoms with Gasteiger partial charge in [-0.1, -0.05) is 17.7 Å². The quantitative estimate of drug-likeness (QED) is 0.713. The average molecular weight is 176 g/mol. The number of aromatic nitrogens is 2. The van der Waals surface area contributed by atoms with E-state index in [0.717, 1.165) is 11.1 Å². The Morgan fingerprint density at radius 3 is 2.92 bits per heavy atom. The van der Waals surface area contributed by atoms with Crippen LogP contribution in [0.15, 0.2) is 33.5 Å². The zero-order valence-corrected chi connectivity index (χ0v) is 7.07. The van der Waals surface area contributed by atoms with Crippen LogP contribution in [-0.2, 0) is 0 Å². The maximum atomic E-state index is 10.7. The summed E-state index contributed by atoms with van der Waals surface area (Å²) in [5.41, 5.74) is 1.90. The summed E-state index contributed by atoms with van der Waals surface area (Å²) in [5, 5.41) is 5.94. The third-order valence-corrected chi connectivity index (χ3v) is 1.70. The summed E-state index contributed by atoms with van der Waals surface area (Å²) in [6.07, 6.45) is 0. The summed E-state index contributed by atoms with van der Waals surface area (Å²) in [7, 11) is 0. The molecule has 0 saturated carbocycles. The van der Waals surface area contributed by atoms with Crippen LogP contribution in [0, 0.1) is 6.92 Å². The third-order valence-electron chi connectivity index (χ3n) is 1.70. The van der Waals surface area contributed by atoms with Gasteiger partial charge in [0.05, 0.1) is 0 Å². The van der Waals surface area contributed by atoms with Gasteiger partial charge < -0.3 is 4.42 Å². The molecule has 1 N–H and O–H groups in total. The predicted molar refractivity (Wildman–Crippen MR) is 47.3 cm³/mol. The maximum absolute atomic E-state index is 10.7. The minimum atomic E-state index is -0.531. The fourth-order valence-corrected chi connectivity index (χ4v) is 1.13. The summed E-state index contributed by atoms with van der Waals surface area (Å²) in [6.45, 7) is 1.97. The van der Waals surface area contributed by atoms with Crippen LogP contribution >= 0.6 is 0 Å². The van der Waals surface area contributed by atoms with Crippen LogP contribution in [0.2, 0.25) is 0 Å². The fourth-order valence-electron chi connectivity index (χ4n) is 1.13. The summed E-state index contributed by atoms with van der Waals surface area (Å²) in [6, 6.07) is 7.60. The van der Waals surface area contributed by atoms with Crippen molar-refractivity contribution in [1.29, 1.82) is 0 Å². The van der Waals surface area contributed by atoms with Gasteiger partial charge in [0.25, 0.3) is 0 Å². The Kier molecular flexibility index (Phi) is 1.73. The second kappa shape index (κ2) is 2.90. The molecule has 0 fully saturated rings. The molecule has 0 bridgehead atoms. The second-order valence-electron chi connectivity index (χ2n) is 2.79. The van der Waals surface area contributed by atoms with Gasteiger partial charge in [0.1, 0.15) is 0 Å². The van der Waals surface area contributed by atoms with E-state index in [1.54, 1.807) is 0 Å². The normalized spacial score (nSPS) is 10.2. The lowest BCUT2D eigenvalue weighted by Gasteiger charge is -1.94. The highest BCUT2D eigenvalue weighted by atomic mass is 16.4. The summed E-state index contributed by atoms with van der Waals surface area (Å²) < 4.78 is 4.80. The number of nitrogens with one attached hydrogen (secondary N) is 1. The van der Waals surface area contributed by atoms with Crippen molar-refractivity contribution < 1.29 is 4.42 Å². The molecule has 1 aromatic heterocycles. The van der Waals surface area contributed by atoms with E-state index in [9.17, 15) is 4.79 Å². The monoisotopic (exact) mass is 176 g/mol. The molecule has 1 heterocycles. The molecule has 0 atom stereocenters. The van der Waals surface area contributed by atoms with E-state index in [0.29, 0.717) is 5.89 Å². The van der Waals surface area contributed by atoms with Crippen molar-refractivity contribution in [1.82, 2.24) is 10.2 Å². The van der Waals surface area contributed by atoms with Crippen LogP contribution in [0.3, 0.4) is 0 Å². The van der Waals surface area contributed by atoms with Crippen molar-refractivity contribution in [3.05, 3.63) is 40.4 Å². The number of nitrogens with zero attached hydrogens (tertiary/aromatic N) is 1. The topological polar surface area (TPSA) is 58.9 Å². The average Bonchev–Trinajstić information content (AvgIpc) is 2.52. The van der Waals surface area contributed by atoms with Gasteiger partial charge in [0.15, 0.2) is 0 Å². The second-order valence-corrected chi connectivity index (χ2v) is 2.79. The van der Waals surface area contributed by atoms with Crippen LogP contribution in [-0.4, -0.2) is 10.2 Å². The maximum Gasteiger partial charge on any atom is 0.434 e. The van der Waals surface area contributed by atoms with Gasteiger partial charge in [0.2, 0.25) is 5.89 Å². The molecule has 1 aromatic carbocycles. The van der Waals surface area contributed by atoms with Crippen molar-refractivity contribution in [3.63, 3.8) is 0 Å². The van der Waals surface area contributed by atoms with Gasteiger partial charge in [-0.15, -0.1) is 5.10 Å². The lowest BCUT2D eigenvalue weighted by Crippen LogP contribution is -1.93. The molecule has 0 aliphatic carbocycles. The summed E-state index contributed by atoms with van der Waals surface area (Å²) >= 11 is 0. The lowest BCUT2D eigenvalue weighted by atomic mass is 10.1. The van der Waals surface area contributed by atoms with Crippen molar-refractivity contribution in [2.24, 2.45) is 0 Å².